The van der Waals surface area contributed by atoms with Gasteiger partial charge in [-0.1, -0.05) is 13.8 Å². The second-order valence-corrected chi connectivity index (χ2v) is 8.36. The van der Waals surface area contributed by atoms with Gasteiger partial charge in [-0.05, 0) is 34.6 Å². The van der Waals surface area contributed by atoms with Crippen LogP contribution in [0.1, 0.15) is 48.5 Å². The molecular formula is C19H40FN3O3. The molecule has 0 saturated heterocycles. The molecule has 1 unspecified atom stereocenters. The molecule has 0 rings (SSSR count). The number of amides is 1. The topological polar surface area (TPSA) is 71.6 Å². The van der Waals surface area contributed by atoms with Gasteiger partial charge in [-0.15, -0.1) is 0 Å². The number of hydrogen-bond donors (Lipinski definition) is 3. The quantitative estimate of drug-likeness (QED) is 0.403. The molecule has 0 spiro atoms. The minimum atomic E-state index is -1.26. The molecule has 0 heterocycles. The molecule has 0 fully saturated rings. The van der Waals surface area contributed by atoms with E-state index >= 15 is 0 Å². The molecule has 1 amide bonds. The molecule has 0 aliphatic heterocycles. The van der Waals surface area contributed by atoms with Gasteiger partial charge in [-0.3, -0.25) is 4.79 Å². The van der Waals surface area contributed by atoms with Crippen molar-refractivity contribution >= 4 is 5.91 Å². The highest BCUT2D eigenvalue weighted by atomic mass is 19.1. The summed E-state index contributed by atoms with van der Waals surface area (Å²) in [6.45, 7) is 17.2. The monoisotopic (exact) mass is 377 g/mol. The van der Waals surface area contributed by atoms with Crippen molar-refractivity contribution in [2.24, 2.45) is 5.92 Å². The Kier molecular flexibility index (Phi) is 12.2. The van der Waals surface area contributed by atoms with E-state index in [1.54, 1.807) is 27.7 Å². The fourth-order valence-corrected chi connectivity index (χ4v) is 1.99. The predicted molar refractivity (Wildman–Crippen MR) is 104 cm³/mol. The highest BCUT2D eigenvalue weighted by Gasteiger charge is 2.30. The summed E-state index contributed by atoms with van der Waals surface area (Å²) in [5.74, 6) is -0.301. The molecule has 0 aromatic heterocycles. The van der Waals surface area contributed by atoms with E-state index in [1.807, 2.05) is 0 Å². The van der Waals surface area contributed by atoms with Crippen LogP contribution in [0.5, 0.6) is 0 Å². The van der Waals surface area contributed by atoms with Crippen LogP contribution in [0.15, 0.2) is 0 Å². The molecule has 0 radical (unpaired) electrons. The normalized spacial score (nSPS) is 13.9. The van der Waals surface area contributed by atoms with E-state index in [0.717, 1.165) is 13.1 Å². The van der Waals surface area contributed by atoms with Crippen LogP contribution in [0, 0.1) is 5.92 Å². The summed E-state index contributed by atoms with van der Waals surface area (Å²) in [6, 6.07) is 0. The zero-order chi connectivity index (χ0) is 20.2. The Labute approximate surface area is 159 Å². The SMILES string of the molecule is CC(C)C(=O)NCC(F)C(C)(C)OCCNCCOCCNC(C)(C)C. The molecule has 0 aromatic carbocycles. The Hall–Kier alpha value is -0.760. The Morgan fingerprint density at radius 1 is 1.00 bits per heavy atom. The first kappa shape index (κ1) is 25.2. The molecule has 6 nitrogen and oxygen atoms in total. The lowest BCUT2D eigenvalue weighted by Crippen LogP contribution is -2.45. The molecular weight excluding hydrogens is 337 g/mol. The maximum Gasteiger partial charge on any atom is 0.222 e. The molecule has 0 bridgehead atoms. The highest BCUT2D eigenvalue weighted by molar-refractivity contribution is 5.77. The standard InChI is InChI=1S/C19H40FN3O3/c1-15(2)17(24)22-14-16(20)19(6,7)26-13-9-21-8-11-25-12-10-23-18(3,4)5/h15-16,21,23H,8-14H2,1-7H3,(H,22,24). The van der Waals surface area contributed by atoms with Gasteiger partial charge in [0.05, 0.1) is 32.0 Å². The van der Waals surface area contributed by atoms with Gasteiger partial charge in [-0.25, -0.2) is 4.39 Å². The van der Waals surface area contributed by atoms with Crippen molar-refractivity contribution in [1.82, 2.24) is 16.0 Å². The van der Waals surface area contributed by atoms with Gasteiger partial charge >= 0.3 is 0 Å². The first-order valence-corrected chi connectivity index (χ1v) is 9.55. The molecule has 0 aliphatic carbocycles. The van der Waals surface area contributed by atoms with Gasteiger partial charge in [0.25, 0.3) is 0 Å². The second kappa shape index (κ2) is 12.6. The Bertz CT molecular complexity index is 385. The largest absolute Gasteiger partial charge is 0.379 e. The zero-order valence-electron chi connectivity index (χ0n) is 17.7. The zero-order valence-corrected chi connectivity index (χ0v) is 17.7. The number of ether oxygens (including phenoxy) is 2. The number of rotatable bonds is 14. The molecule has 7 heteroatoms. The lowest BCUT2D eigenvalue weighted by molar-refractivity contribution is -0.125. The summed E-state index contributed by atoms with van der Waals surface area (Å²) in [5.41, 5.74) is -0.835. The van der Waals surface area contributed by atoms with E-state index < -0.39 is 11.8 Å². The third kappa shape index (κ3) is 13.4. The Balaban J connectivity index is 3.67. The summed E-state index contributed by atoms with van der Waals surface area (Å²) in [4.78, 5) is 11.5. The number of hydrogen-bond acceptors (Lipinski definition) is 5. The lowest BCUT2D eigenvalue weighted by Gasteiger charge is -2.29. The number of carbonyl (C=O) groups is 1. The lowest BCUT2D eigenvalue weighted by atomic mass is 10.0. The minimum Gasteiger partial charge on any atom is -0.379 e. The van der Waals surface area contributed by atoms with Crippen LogP contribution in [0.3, 0.4) is 0 Å². The summed E-state index contributed by atoms with van der Waals surface area (Å²) in [6.07, 6.45) is -1.26. The van der Waals surface area contributed by atoms with Crippen LogP contribution in [0.2, 0.25) is 0 Å². The van der Waals surface area contributed by atoms with Crippen molar-refractivity contribution in [1.29, 1.82) is 0 Å². The van der Waals surface area contributed by atoms with Gasteiger partial charge in [0.2, 0.25) is 5.91 Å². The van der Waals surface area contributed by atoms with Crippen LogP contribution in [-0.2, 0) is 14.3 Å². The van der Waals surface area contributed by atoms with Crippen LogP contribution < -0.4 is 16.0 Å². The van der Waals surface area contributed by atoms with Crippen molar-refractivity contribution in [2.45, 2.75) is 65.8 Å². The minimum absolute atomic E-state index is 0.0338. The second-order valence-electron chi connectivity index (χ2n) is 8.36. The van der Waals surface area contributed by atoms with E-state index in [1.165, 1.54) is 0 Å². The maximum absolute atomic E-state index is 14.3. The molecule has 3 N–H and O–H groups in total. The van der Waals surface area contributed by atoms with Gasteiger partial charge in [-0.2, -0.15) is 0 Å². The average molecular weight is 378 g/mol. The fraction of sp³-hybridized carbons (Fsp3) is 0.947. The molecule has 26 heavy (non-hydrogen) atoms. The molecule has 0 aliphatic rings. The van der Waals surface area contributed by atoms with Crippen LogP contribution in [0.25, 0.3) is 0 Å². The first-order chi connectivity index (χ1) is 12.0. The number of nitrogens with one attached hydrogen (secondary N) is 3. The predicted octanol–water partition coefficient (Wildman–Crippen LogP) is 1.89. The van der Waals surface area contributed by atoms with E-state index in [0.29, 0.717) is 26.4 Å². The van der Waals surface area contributed by atoms with E-state index in [4.69, 9.17) is 9.47 Å². The Morgan fingerprint density at radius 2 is 1.58 bits per heavy atom. The molecule has 0 saturated carbocycles. The highest BCUT2D eigenvalue weighted by Crippen LogP contribution is 2.17. The first-order valence-electron chi connectivity index (χ1n) is 9.55. The maximum atomic E-state index is 14.3. The Morgan fingerprint density at radius 3 is 2.15 bits per heavy atom. The van der Waals surface area contributed by atoms with E-state index in [2.05, 4.69) is 36.7 Å². The summed E-state index contributed by atoms with van der Waals surface area (Å²) < 4.78 is 25.4. The average Bonchev–Trinajstić information content (AvgIpc) is 2.52. The van der Waals surface area contributed by atoms with Crippen LogP contribution in [0.4, 0.5) is 4.39 Å². The summed E-state index contributed by atoms with van der Waals surface area (Å²) in [7, 11) is 0. The molecule has 0 aromatic rings. The van der Waals surface area contributed by atoms with E-state index in [-0.39, 0.29) is 23.9 Å². The van der Waals surface area contributed by atoms with Gasteiger partial charge in [0.15, 0.2) is 0 Å². The number of halogens is 1. The third-order valence-electron chi connectivity index (χ3n) is 3.81. The number of carbonyl (C=O) groups excluding carboxylic acids is 1. The molecule has 156 valence electrons. The van der Waals surface area contributed by atoms with Crippen molar-refractivity contribution in [3.63, 3.8) is 0 Å². The molecule has 1 atom stereocenters. The van der Waals surface area contributed by atoms with Gasteiger partial charge in [0, 0.05) is 31.1 Å². The van der Waals surface area contributed by atoms with Crippen LogP contribution in [-0.4, -0.2) is 69.2 Å². The van der Waals surface area contributed by atoms with Crippen molar-refractivity contribution in [2.75, 3.05) is 46.0 Å². The number of alkyl halides is 1. The van der Waals surface area contributed by atoms with Crippen molar-refractivity contribution < 1.29 is 18.7 Å². The fourth-order valence-electron chi connectivity index (χ4n) is 1.99. The van der Waals surface area contributed by atoms with Crippen LogP contribution >= 0.6 is 0 Å². The van der Waals surface area contributed by atoms with Crippen molar-refractivity contribution in [3.8, 4) is 0 Å². The third-order valence-corrected chi connectivity index (χ3v) is 3.81. The van der Waals surface area contributed by atoms with Crippen molar-refractivity contribution in [3.05, 3.63) is 0 Å². The van der Waals surface area contributed by atoms with Gasteiger partial charge in [0.1, 0.15) is 6.17 Å². The summed E-state index contributed by atoms with van der Waals surface area (Å²) in [5, 5.41) is 9.16. The van der Waals surface area contributed by atoms with Gasteiger partial charge < -0.3 is 25.4 Å². The summed E-state index contributed by atoms with van der Waals surface area (Å²) >= 11 is 0. The smallest absolute Gasteiger partial charge is 0.222 e. The van der Waals surface area contributed by atoms with E-state index in [9.17, 15) is 9.18 Å².